The molecule has 0 radical (unpaired) electrons. The lowest BCUT2D eigenvalue weighted by Crippen LogP contribution is -2.00. The zero-order chi connectivity index (χ0) is 18.2. The molecule has 0 aromatic rings. The molecule has 0 aromatic carbocycles. The van der Waals surface area contributed by atoms with E-state index in [2.05, 4.69) is 53.0 Å². The normalized spacial score (nSPS) is 12.9. The molecule has 0 saturated heterocycles. The topological polar surface area (TPSA) is 0 Å². The molecule has 0 aliphatic rings. The molecule has 0 bridgehead atoms. The van der Waals surface area contributed by atoms with Crippen LogP contribution in [-0.4, -0.2) is 0 Å². The van der Waals surface area contributed by atoms with Gasteiger partial charge in [-0.25, -0.2) is 0 Å². The summed E-state index contributed by atoms with van der Waals surface area (Å²) in [5, 5.41) is 0. The Morgan fingerprint density at radius 2 is 1.62 bits per heavy atom. The first-order valence-electron chi connectivity index (χ1n) is 10.4. The third kappa shape index (κ3) is 16.1. The lowest BCUT2D eigenvalue weighted by atomic mass is 9.91. The van der Waals surface area contributed by atoms with E-state index in [1.54, 1.807) is 0 Å². The minimum Gasteiger partial charge on any atom is -0.100 e. The van der Waals surface area contributed by atoms with Crippen LogP contribution in [0.1, 0.15) is 105 Å². The first-order valence-corrected chi connectivity index (χ1v) is 10.4. The van der Waals surface area contributed by atoms with Crippen LogP contribution >= 0.6 is 0 Å². The summed E-state index contributed by atoms with van der Waals surface area (Å²) in [6.45, 7) is 17.3. The van der Waals surface area contributed by atoms with Crippen molar-refractivity contribution in [3.63, 3.8) is 0 Å². The maximum Gasteiger partial charge on any atom is -0.0292 e. The van der Waals surface area contributed by atoms with Gasteiger partial charge in [-0.2, -0.15) is 0 Å². The Kier molecular flexibility index (Phi) is 15.2. The minimum absolute atomic E-state index is 0.795. The van der Waals surface area contributed by atoms with Gasteiger partial charge in [0.05, 0.1) is 0 Å². The van der Waals surface area contributed by atoms with Crippen LogP contribution in [0.4, 0.5) is 0 Å². The van der Waals surface area contributed by atoms with Gasteiger partial charge in [0, 0.05) is 0 Å². The molecule has 0 rings (SSSR count). The first kappa shape index (κ1) is 23.2. The van der Waals surface area contributed by atoms with Gasteiger partial charge in [0.2, 0.25) is 0 Å². The zero-order valence-corrected chi connectivity index (χ0v) is 17.2. The van der Waals surface area contributed by atoms with E-state index in [-0.39, 0.29) is 0 Å². The summed E-state index contributed by atoms with van der Waals surface area (Å²) in [6, 6.07) is 0. The zero-order valence-electron chi connectivity index (χ0n) is 17.2. The van der Waals surface area contributed by atoms with Crippen LogP contribution in [0.5, 0.6) is 0 Å². The highest BCUT2D eigenvalue weighted by Crippen LogP contribution is 2.22. The van der Waals surface area contributed by atoms with Crippen LogP contribution in [0.25, 0.3) is 0 Å². The average molecular weight is 333 g/mol. The highest BCUT2D eigenvalue weighted by atomic mass is 14.1. The summed E-state index contributed by atoms with van der Waals surface area (Å²) >= 11 is 0. The predicted molar refractivity (Wildman–Crippen MR) is 113 cm³/mol. The minimum atomic E-state index is 0.795. The Morgan fingerprint density at radius 1 is 0.917 bits per heavy atom. The Balaban J connectivity index is 3.69. The van der Waals surface area contributed by atoms with E-state index >= 15 is 0 Å². The highest BCUT2D eigenvalue weighted by Gasteiger charge is 2.07. The lowest BCUT2D eigenvalue weighted by Gasteiger charge is -2.15. The Labute approximate surface area is 153 Å². The lowest BCUT2D eigenvalue weighted by molar-refractivity contribution is 0.491. The second-order valence-electron chi connectivity index (χ2n) is 8.13. The molecule has 24 heavy (non-hydrogen) atoms. The molecule has 0 spiro atoms. The molecule has 0 aromatic heterocycles. The number of hydrogen-bond acceptors (Lipinski definition) is 0. The molecule has 0 fully saturated rings. The van der Waals surface area contributed by atoms with Crippen LogP contribution in [0, 0.1) is 11.8 Å². The van der Waals surface area contributed by atoms with E-state index in [9.17, 15) is 0 Å². The van der Waals surface area contributed by atoms with E-state index in [1.807, 2.05) is 0 Å². The maximum atomic E-state index is 4.31. The fourth-order valence-corrected chi connectivity index (χ4v) is 3.11. The summed E-state index contributed by atoms with van der Waals surface area (Å²) in [7, 11) is 0. The van der Waals surface area contributed by atoms with Gasteiger partial charge < -0.3 is 0 Å². The second kappa shape index (κ2) is 15.7. The predicted octanol–water partition coefficient (Wildman–Crippen LogP) is 8.65. The van der Waals surface area contributed by atoms with Gasteiger partial charge in [-0.15, -0.1) is 6.58 Å². The summed E-state index contributed by atoms with van der Waals surface area (Å²) in [6.07, 6.45) is 20.2. The van der Waals surface area contributed by atoms with Crippen molar-refractivity contribution in [2.45, 2.75) is 105 Å². The second-order valence-corrected chi connectivity index (χ2v) is 8.13. The molecule has 0 saturated carbocycles. The molecule has 140 valence electrons. The Morgan fingerprint density at radius 3 is 2.25 bits per heavy atom. The molecule has 1 atom stereocenters. The van der Waals surface area contributed by atoms with Crippen LogP contribution < -0.4 is 0 Å². The smallest absolute Gasteiger partial charge is 0.0292 e. The summed E-state index contributed by atoms with van der Waals surface area (Å²) in [5.74, 6) is 1.62. The van der Waals surface area contributed by atoms with Crippen molar-refractivity contribution in [3.05, 3.63) is 36.5 Å². The number of hydrogen-bond donors (Lipinski definition) is 0. The Hall–Kier alpha value is -0.780. The van der Waals surface area contributed by atoms with Gasteiger partial charge in [-0.05, 0) is 70.1 Å². The van der Waals surface area contributed by atoms with Gasteiger partial charge in [0.15, 0.2) is 0 Å². The Bertz CT molecular complexity index is 345. The van der Waals surface area contributed by atoms with Crippen LogP contribution in [-0.2, 0) is 0 Å². The van der Waals surface area contributed by atoms with Gasteiger partial charge in [-0.3, -0.25) is 0 Å². The van der Waals surface area contributed by atoms with Gasteiger partial charge in [0.1, 0.15) is 0 Å². The molecule has 0 N–H and O–H groups in total. The molecule has 0 aliphatic heterocycles. The van der Waals surface area contributed by atoms with E-state index in [0.717, 1.165) is 11.8 Å². The van der Waals surface area contributed by atoms with E-state index in [0.29, 0.717) is 0 Å². The standard InChI is InChI=1S/C24H44/c1-7-24(20-23(6)18-15-17-22(4)5)19-14-12-10-8-9-11-13-16-21(2)3/h12,14,22,24H,2,6-11,13,15-20H2,1,3-5H3/b14-12+. The molecule has 0 aliphatic carbocycles. The maximum absolute atomic E-state index is 4.31. The van der Waals surface area contributed by atoms with Crippen molar-refractivity contribution in [1.82, 2.24) is 0 Å². The highest BCUT2D eigenvalue weighted by molar-refractivity contribution is 4.97. The van der Waals surface area contributed by atoms with Crippen molar-refractivity contribution in [3.8, 4) is 0 Å². The van der Waals surface area contributed by atoms with Gasteiger partial charge in [0.25, 0.3) is 0 Å². The third-order valence-corrected chi connectivity index (χ3v) is 4.83. The number of unbranched alkanes of at least 4 members (excludes halogenated alkanes) is 4. The van der Waals surface area contributed by atoms with Crippen molar-refractivity contribution >= 4 is 0 Å². The number of allylic oxidation sites excluding steroid dienone is 4. The quantitative estimate of drug-likeness (QED) is 0.196. The molecular formula is C24H44. The van der Waals surface area contributed by atoms with Crippen LogP contribution in [0.3, 0.4) is 0 Å². The van der Waals surface area contributed by atoms with Gasteiger partial charge >= 0.3 is 0 Å². The first-order chi connectivity index (χ1) is 11.5. The van der Waals surface area contributed by atoms with E-state index in [4.69, 9.17) is 0 Å². The number of rotatable bonds is 16. The van der Waals surface area contributed by atoms with Crippen molar-refractivity contribution in [2.24, 2.45) is 11.8 Å². The molecule has 0 heteroatoms. The molecule has 0 amide bonds. The SMILES string of the molecule is C=C(C)CCCCCC/C=C/CC(CC)CC(=C)CCCC(C)C. The fourth-order valence-electron chi connectivity index (χ4n) is 3.11. The van der Waals surface area contributed by atoms with Gasteiger partial charge in [-0.1, -0.05) is 76.3 Å². The molecular weight excluding hydrogens is 288 g/mol. The monoisotopic (exact) mass is 332 g/mol. The third-order valence-electron chi connectivity index (χ3n) is 4.83. The molecule has 0 heterocycles. The summed E-state index contributed by atoms with van der Waals surface area (Å²) < 4.78 is 0. The fraction of sp³-hybridized carbons (Fsp3) is 0.750. The van der Waals surface area contributed by atoms with Crippen molar-refractivity contribution in [1.29, 1.82) is 0 Å². The summed E-state index contributed by atoms with van der Waals surface area (Å²) in [4.78, 5) is 0. The van der Waals surface area contributed by atoms with Crippen LogP contribution in [0.2, 0.25) is 0 Å². The average Bonchev–Trinajstić information content (AvgIpc) is 2.51. The molecule has 0 nitrogen and oxygen atoms in total. The molecule has 1 unspecified atom stereocenters. The van der Waals surface area contributed by atoms with E-state index < -0.39 is 0 Å². The van der Waals surface area contributed by atoms with Crippen molar-refractivity contribution in [2.75, 3.05) is 0 Å². The van der Waals surface area contributed by atoms with Crippen molar-refractivity contribution < 1.29 is 0 Å². The van der Waals surface area contributed by atoms with Crippen LogP contribution in [0.15, 0.2) is 36.5 Å². The summed E-state index contributed by atoms with van der Waals surface area (Å²) in [5.41, 5.74) is 2.79. The van der Waals surface area contributed by atoms with E-state index in [1.165, 1.54) is 88.2 Å². The largest absolute Gasteiger partial charge is 0.100 e.